The molecule has 0 bridgehead atoms. The molecular formula is C18H22N2. The van der Waals surface area contributed by atoms with E-state index in [2.05, 4.69) is 72.3 Å². The zero-order valence-electron chi connectivity index (χ0n) is 12.0. The minimum absolute atomic E-state index is 0.547. The summed E-state index contributed by atoms with van der Waals surface area (Å²) in [4.78, 5) is 0. The second-order valence-electron chi connectivity index (χ2n) is 5.51. The molecule has 0 saturated carbocycles. The molecule has 0 spiro atoms. The average molecular weight is 266 g/mol. The first kappa shape index (κ1) is 13.3. The molecule has 2 nitrogen and oxygen atoms in total. The van der Waals surface area contributed by atoms with E-state index in [1.54, 1.807) is 0 Å². The highest BCUT2D eigenvalue weighted by atomic mass is 15.0. The Morgan fingerprint density at radius 1 is 1.05 bits per heavy atom. The minimum Gasteiger partial charge on any atom is -0.315 e. The molecule has 1 saturated heterocycles. The van der Waals surface area contributed by atoms with Gasteiger partial charge in [-0.2, -0.15) is 0 Å². The summed E-state index contributed by atoms with van der Waals surface area (Å²) >= 11 is 0. The third kappa shape index (κ3) is 2.92. The summed E-state index contributed by atoms with van der Waals surface area (Å²) in [5.41, 5.74) is 4.01. The van der Waals surface area contributed by atoms with E-state index < -0.39 is 0 Å². The van der Waals surface area contributed by atoms with Crippen LogP contribution in [0.5, 0.6) is 0 Å². The second-order valence-corrected chi connectivity index (χ2v) is 5.51. The van der Waals surface area contributed by atoms with Crippen molar-refractivity contribution in [2.24, 2.45) is 0 Å². The zero-order valence-corrected chi connectivity index (χ0v) is 12.0. The molecule has 1 aliphatic heterocycles. The van der Waals surface area contributed by atoms with Crippen LogP contribution in [0.3, 0.4) is 0 Å². The molecule has 0 aliphatic carbocycles. The van der Waals surface area contributed by atoms with Gasteiger partial charge in [-0.1, -0.05) is 54.6 Å². The fourth-order valence-electron chi connectivity index (χ4n) is 3.09. The van der Waals surface area contributed by atoms with Crippen molar-refractivity contribution in [3.63, 3.8) is 0 Å². The topological polar surface area (TPSA) is 24.1 Å². The van der Waals surface area contributed by atoms with Crippen LogP contribution in [0.1, 0.15) is 12.0 Å². The molecule has 2 heteroatoms. The standard InChI is InChI=1S/C18H22N2/c1-19-17-10-11-20-18(17)13-14-6-5-9-16(12-14)15-7-3-2-4-8-15/h2-9,12,17-20H,10-11,13H2,1H3. The predicted molar refractivity (Wildman–Crippen MR) is 84.8 cm³/mol. The third-order valence-corrected chi connectivity index (χ3v) is 4.21. The Balaban J connectivity index is 1.78. The molecule has 2 aromatic rings. The molecule has 2 unspecified atom stereocenters. The van der Waals surface area contributed by atoms with Crippen LogP contribution in [0.2, 0.25) is 0 Å². The number of nitrogens with one attached hydrogen (secondary N) is 2. The van der Waals surface area contributed by atoms with Gasteiger partial charge >= 0.3 is 0 Å². The smallest absolute Gasteiger partial charge is 0.0261 e. The summed E-state index contributed by atoms with van der Waals surface area (Å²) in [7, 11) is 2.06. The van der Waals surface area contributed by atoms with Crippen molar-refractivity contribution in [2.45, 2.75) is 24.9 Å². The first-order valence-corrected chi connectivity index (χ1v) is 7.42. The van der Waals surface area contributed by atoms with Gasteiger partial charge in [0.1, 0.15) is 0 Å². The monoisotopic (exact) mass is 266 g/mol. The van der Waals surface area contributed by atoms with Crippen molar-refractivity contribution in [2.75, 3.05) is 13.6 Å². The lowest BCUT2D eigenvalue weighted by Gasteiger charge is -2.19. The Hall–Kier alpha value is -1.64. The summed E-state index contributed by atoms with van der Waals surface area (Å²) in [5.74, 6) is 0. The van der Waals surface area contributed by atoms with Crippen LogP contribution < -0.4 is 10.6 Å². The molecular weight excluding hydrogens is 244 g/mol. The minimum atomic E-state index is 0.547. The quantitative estimate of drug-likeness (QED) is 0.889. The fourth-order valence-corrected chi connectivity index (χ4v) is 3.09. The largest absolute Gasteiger partial charge is 0.315 e. The van der Waals surface area contributed by atoms with Gasteiger partial charge < -0.3 is 10.6 Å². The highest BCUT2D eigenvalue weighted by Crippen LogP contribution is 2.21. The number of hydrogen-bond donors (Lipinski definition) is 2. The molecule has 2 atom stereocenters. The van der Waals surface area contributed by atoms with Gasteiger partial charge in [0, 0.05) is 12.1 Å². The molecule has 1 heterocycles. The lowest BCUT2D eigenvalue weighted by Crippen LogP contribution is -2.40. The molecule has 1 fully saturated rings. The van der Waals surface area contributed by atoms with Gasteiger partial charge in [-0.15, -0.1) is 0 Å². The lowest BCUT2D eigenvalue weighted by atomic mass is 9.97. The van der Waals surface area contributed by atoms with Gasteiger partial charge in [0.15, 0.2) is 0 Å². The van der Waals surface area contributed by atoms with E-state index in [9.17, 15) is 0 Å². The van der Waals surface area contributed by atoms with Crippen LogP contribution in [0, 0.1) is 0 Å². The lowest BCUT2D eigenvalue weighted by molar-refractivity contribution is 0.479. The third-order valence-electron chi connectivity index (χ3n) is 4.21. The first-order chi connectivity index (χ1) is 9.86. The average Bonchev–Trinajstić information content (AvgIpc) is 2.96. The summed E-state index contributed by atoms with van der Waals surface area (Å²) < 4.78 is 0. The Bertz CT molecular complexity index is 550. The summed E-state index contributed by atoms with van der Waals surface area (Å²) in [6.07, 6.45) is 2.31. The van der Waals surface area contributed by atoms with Gasteiger partial charge in [-0.25, -0.2) is 0 Å². The van der Waals surface area contributed by atoms with E-state index in [1.165, 1.54) is 23.1 Å². The number of benzene rings is 2. The van der Waals surface area contributed by atoms with Crippen molar-refractivity contribution >= 4 is 0 Å². The zero-order chi connectivity index (χ0) is 13.8. The van der Waals surface area contributed by atoms with Crippen LogP contribution in [0.25, 0.3) is 11.1 Å². The van der Waals surface area contributed by atoms with Crippen LogP contribution in [0.15, 0.2) is 54.6 Å². The summed E-state index contributed by atoms with van der Waals surface area (Å²) in [6.45, 7) is 1.12. The van der Waals surface area contributed by atoms with E-state index in [4.69, 9.17) is 0 Å². The van der Waals surface area contributed by atoms with Crippen LogP contribution in [-0.2, 0) is 6.42 Å². The summed E-state index contributed by atoms with van der Waals surface area (Å²) in [6, 6.07) is 20.6. The predicted octanol–water partition coefficient (Wildman–Crippen LogP) is 2.85. The SMILES string of the molecule is CNC1CCNC1Cc1cccc(-c2ccccc2)c1. The second kappa shape index (κ2) is 6.21. The molecule has 104 valence electrons. The maximum Gasteiger partial charge on any atom is 0.0261 e. The van der Waals surface area contributed by atoms with Crippen molar-refractivity contribution in [3.8, 4) is 11.1 Å². The number of likely N-dealkylation sites (N-methyl/N-ethyl adjacent to an activating group) is 1. The fraction of sp³-hybridized carbons (Fsp3) is 0.333. The normalized spacial score (nSPS) is 22.1. The van der Waals surface area contributed by atoms with E-state index in [1.807, 2.05) is 0 Å². The molecule has 2 N–H and O–H groups in total. The Labute approximate surface area is 121 Å². The Kier molecular flexibility index (Phi) is 4.14. The van der Waals surface area contributed by atoms with Gasteiger partial charge in [-0.3, -0.25) is 0 Å². The molecule has 2 aromatic carbocycles. The van der Waals surface area contributed by atoms with Gasteiger partial charge in [0.25, 0.3) is 0 Å². The van der Waals surface area contributed by atoms with Gasteiger partial charge in [-0.05, 0) is 43.1 Å². The van der Waals surface area contributed by atoms with E-state index in [0.717, 1.165) is 13.0 Å². The van der Waals surface area contributed by atoms with Gasteiger partial charge in [0.2, 0.25) is 0 Å². The molecule has 3 rings (SSSR count). The van der Waals surface area contributed by atoms with E-state index in [-0.39, 0.29) is 0 Å². The number of hydrogen-bond acceptors (Lipinski definition) is 2. The Morgan fingerprint density at radius 2 is 1.85 bits per heavy atom. The van der Waals surface area contributed by atoms with Crippen molar-refractivity contribution in [1.82, 2.24) is 10.6 Å². The maximum absolute atomic E-state index is 3.60. The van der Waals surface area contributed by atoms with Crippen LogP contribution in [-0.4, -0.2) is 25.7 Å². The Morgan fingerprint density at radius 3 is 2.65 bits per heavy atom. The highest BCUT2D eigenvalue weighted by molar-refractivity contribution is 5.63. The van der Waals surface area contributed by atoms with Gasteiger partial charge in [0.05, 0.1) is 0 Å². The van der Waals surface area contributed by atoms with Crippen molar-refractivity contribution < 1.29 is 0 Å². The van der Waals surface area contributed by atoms with E-state index >= 15 is 0 Å². The van der Waals surface area contributed by atoms with Crippen LogP contribution >= 0.6 is 0 Å². The first-order valence-electron chi connectivity index (χ1n) is 7.42. The summed E-state index contributed by atoms with van der Waals surface area (Å²) in [5, 5.41) is 7.02. The maximum atomic E-state index is 3.60. The highest BCUT2D eigenvalue weighted by Gasteiger charge is 2.25. The molecule has 0 aromatic heterocycles. The molecule has 0 amide bonds. The van der Waals surface area contributed by atoms with E-state index in [0.29, 0.717) is 12.1 Å². The van der Waals surface area contributed by atoms with Crippen molar-refractivity contribution in [1.29, 1.82) is 0 Å². The molecule has 0 radical (unpaired) electrons. The van der Waals surface area contributed by atoms with Crippen molar-refractivity contribution in [3.05, 3.63) is 60.2 Å². The number of rotatable bonds is 4. The molecule has 1 aliphatic rings. The molecule has 20 heavy (non-hydrogen) atoms. The van der Waals surface area contributed by atoms with Crippen LogP contribution in [0.4, 0.5) is 0 Å².